The van der Waals surface area contributed by atoms with Gasteiger partial charge in [0.05, 0.1) is 5.92 Å². The highest BCUT2D eigenvalue weighted by molar-refractivity contribution is 5.75. The first-order valence-electron chi connectivity index (χ1n) is 5.39. The molecule has 1 aliphatic carbocycles. The predicted molar refractivity (Wildman–Crippen MR) is 55.9 cm³/mol. The van der Waals surface area contributed by atoms with Crippen LogP contribution >= 0.6 is 0 Å². The van der Waals surface area contributed by atoms with Gasteiger partial charge in [0.15, 0.2) is 17.4 Å². The van der Waals surface area contributed by atoms with Crippen molar-refractivity contribution in [3.05, 3.63) is 28.8 Å². The van der Waals surface area contributed by atoms with Crippen molar-refractivity contribution in [1.29, 1.82) is 0 Å². The first kappa shape index (κ1) is 11.8. The topological polar surface area (TPSA) is 57.5 Å². The van der Waals surface area contributed by atoms with Gasteiger partial charge in [0.1, 0.15) is 0 Å². The quantitative estimate of drug-likeness (QED) is 0.855. The molecule has 0 bridgehead atoms. The van der Waals surface area contributed by atoms with Gasteiger partial charge in [0.2, 0.25) is 0 Å². The number of phenols is 1. The van der Waals surface area contributed by atoms with Gasteiger partial charge in [-0.1, -0.05) is 6.92 Å². The van der Waals surface area contributed by atoms with Crippen molar-refractivity contribution in [3.63, 3.8) is 0 Å². The maximum Gasteiger partial charge on any atom is 0.307 e. The van der Waals surface area contributed by atoms with Crippen LogP contribution in [0.5, 0.6) is 5.75 Å². The summed E-state index contributed by atoms with van der Waals surface area (Å²) < 4.78 is 26.8. The maximum absolute atomic E-state index is 13.6. The van der Waals surface area contributed by atoms with Crippen LogP contribution < -0.4 is 0 Å². The number of carboxylic acid groups (broad SMARTS) is 1. The van der Waals surface area contributed by atoms with E-state index in [9.17, 15) is 13.6 Å². The molecule has 2 rings (SSSR count). The minimum Gasteiger partial charge on any atom is -0.503 e. The van der Waals surface area contributed by atoms with Crippen molar-refractivity contribution in [3.8, 4) is 5.75 Å². The Hall–Kier alpha value is -1.65. The average molecular weight is 242 g/mol. The van der Waals surface area contributed by atoms with Crippen LogP contribution in [0, 0.1) is 17.6 Å². The second kappa shape index (κ2) is 3.98. The molecule has 3 nitrogen and oxygen atoms in total. The molecule has 1 saturated carbocycles. The van der Waals surface area contributed by atoms with E-state index in [1.165, 1.54) is 0 Å². The third kappa shape index (κ3) is 1.85. The van der Waals surface area contributed by atoms with Gasteiger partial charge in [-0.25, -0.2) is 8.78 Å². The molecule has 0 saturated heterocycles. The lowest BCUT2D eigenvalue weighted by molar-refractivity contribution is -0.138. The molecule has 0 heterocycles. The van der Waals surface area contributed by atoms with E-state index in [1.807, 2.05) is 0 Å². The van der Waals surface area contributed by atoms with E-state index in [2.05, 4.69) is 0 Å². The molecule has 0 aromatic heterocycles. The molecule has 1 aromatic rings. The van der Waals surface area contributed by atoms with Crippen LogP contribution in [0.3, 0.4) is 0 Å². The number of aromatic hydroxyl groups is 1. The number of hydrogen-bond acceptors (Lipinski definition) is 2. The van der Waals surface area contributed by atoms with E-state index in [4.69, 9.17) is 10.2 Å². The zero-order chi connectivity index (χ0) is 12.7. The number of rotatable bonds is 3. The summed E-state index contributed by atoms with van der Waals surface area (Å²) >= 11 is 0. The molecule has 2 unspecified atom stereocenters. The molecular weight excluding hydrogens is 230 g/mol. The summed E-state index contributed by atoms with van der Waals surface area (Å²) in [7, 11) is 0. The summed E-state index contributed by atoms with van der Waals surface area (Å²) in [5.41, 5.74) is 0.574. The molecule has 2 atom stereocenters. The standard InChI is InChI=1S/C12H12F2O3/c1-2-5-7(6-3-8(6)12(16)17)4-9(13)11(15)10(5)14/h4,6,8,15H,2-3H2,1H3,(H,16,17). The van der Waals surface area contributed by atoms with Gasteiger partial charge in [0, 0.05) is 0 Å². The normalized spacial score (nSPS) is 22.5. The smallest absolute Gasteiger partial charge is 0.307 e. The second-order valence-electron chi connectivity index (χ2n) is 4.23. The average Bonchev–Trinajstić information content (AvgIpc) is 3.05. The number of benzene rings is 1. The van der Waals surface area contributed by atoms with Crippen molar-refractivity contribution >= 4 is 5.97 Å². The predicted octanol–water partition coefficient (Wildman–Crippen LogP) is 2.42. The van der Waals surface area contributed by atoms with E-state index in [0.717, 1.165) is 6.07 Å². The molecule has 0 radical (unpaired) electrons. The Morgan fingerprint density at radius 2 is 2.18 bits per heavy atom. The van der Waals surface area contributed by atoms with Crippen LogP contribution in [0.15, 0.2) is 6.07 Å². The number of carbonyl (C=O) groups is 1. The Bertz CT molecular complexity index is 485. The SMILES string of the molecule is CCc1c(C2CC2C(=O)O)cc(F)c(O)c1F. The summed E-state index contributed by atoms with van der Waals surface area (Å²) in [5, 5.41) is 18.0. The van der Waals surface area contributed by atoms with Gasteiger partial charge in [0.25, 0.3) is 0 Å². The molecule has 1 aromatic carbocycles. The highest BCUT2D eigenvalue weighted by Crippen LogP contribution is 2.50. The lowest BCUT2D eigenvalue weighted by Crippen LogP contribution is -2.03. The highest BCUT2D eigenvalue weighted by atomic mass is 19.1. The number of hydrogen-bond donors (Lipinski definition) is 2. The zero-order valence-electron chi connectivity index (χ0n) is 9.20. The van der Waals surface area contributed by atoms with Crippen molar-refractivity contribution < 1.29 is 23.8 Å². The van der Waals surface area contributed by atoms with E-state index >= 15 is 0 Å². The van der Waals surface area contributed by atoms with E-state index in [0.29, 0.717) is 12.0 Å². The monoisotopic (exact) mass is 242 g/mol. The van der Waals surface area contributed by atoms with Gasteiger partial charge >= 0.3 is 5.97 Å². The van der Waals surface area contributed by atoms with Crippen LogP contribution in [0.25, 0.3) is 0 Å². The Labute approximate surface area is 96.7 Å². The lowest BCUT2D eigenvalue weighted by atomic mass is 9.98. The molecule has 17 heavy (non-hydrogen) atoms. The van der Waals surface area contributed by atoms with Crippen molar-refractivity contribution in [1.82, 2.24) is 0 Å². The molecule has 0 spiro atoms. The third-order valence-electron chi connectivity index (χ3n) is 3.19. The first-order valence-corrected chi connectivity index (χ1v) is 5.39. The summed E-state index contributed by atoms with van der Waals surface area (Å²) in [4.78, 5) is 10.7. The fourth-order valence-electron chi connectivity index (χ4n) is 2.17. The van der Waals surface area contributed by atoms with Gasteiger partial charge in [-0.3, -0.25) is 4.79 Å². The van der Waals surface area contributed by atoms with Gasteiger partial charge in [-0.05, 0) is 36.0 Å². The molecule has 0 amide bonds. The molecule has 1 fully saturated rings. The number of carboxylic acids is 1. The molecule has 5 heteroatoms. The Balaban J connectivity index is 2.45. The van der Waals surface area contributed by atoms with Crippen molar-refractivity contribution in [2.24, 2.45) is 5.92 Å². The highest BCUT2D eigenvalue weighted by Gasteiger charge is 2.45. The summed E-state index contributed by atoms with van der Waals surface area (Å²) in [6.45, 7) is 1.68. The van der Waals surface area contributed by atoms with Crippen molar-refractivity contribution in [2.45, 2.75) is 25.7 Å². The molecule has 1 aliphatic rings. The Morgan fingerprint density at radius 3 is 2.65 bits per heavy atom. The van der Waals surface area contributed by atoms with Crippen LogP contribution in [0.4, 0.5) is 8.78 Å². The van der Waals surface area contributed by atoms with E-state index in [-0.39, 0.29) is 17.9 Å². The van der Waals surface area contributed by atoms with Gasteiger partial charge in [-0.15, -0.1) is 0 Å². The fraction of sp³-hybridized carbons (Fsp3) is 0.417. The zero-order valence-corrected chi connectivity index (χ0v) is 9.20. The Kier molecular flexibility index (Phi) is 2.77. The molecule has 0 aliphatic heterocycles. The number of aliphatic carboxylic acids is 1. The largest absolute Gasteiger partial charge is 0.503 e. The Morgan fingerprint density at radius 1 is 1.53 bits per heavy atom. The minimum atomic E-state index is -1.04. The summed E-state index contributed by atoms with van der Waals surface area (Å²) in [5.74, 6) is -4.86. The van der Waals surface area contributed by atoms with Crippen LogP contribution in [0.1, 0.15) is 30.4 Å². The molecule has 92 valence electrons. The van der Waals surface area contributed by atoms with Crippen LogP contribution in [0.2, 0.25) is 0 Å². The number of halogens is 2. The summed E-state index contributed by atoms with van der Waals surface area (Å²) in [6.07, 6.45) is 0.684. The maximum atomic E-state index is 13.6. The van der Waals surface area contributed by atoms with Crippen LogP contribution in [-0.2, 0) is 11.2 Å². The van der Waals surface area contributed by atoms with E-state index in [1.54, 1.807) is 6.92 Å². The third-order valence-corrected chi connectivity index (χ3v) is 3.19. The van der Waals surface area contributed by atoms with Crippen molar-refractivity contribution in [2.75, 3.05) is 0 Å². The first-order chi connectivity index (χ1) is 7.97. The van der Waals surface area contributed by atoms with E-state index < -0.39 is 29.3 Å². The molecular formula is C12H12F2O3. The number of phenolic OH excluding ortho intramolecular Hbond substituents is 1. The summed E-state index contributed by atoms with van der Waals surface area (Å²) in [6, 6.07) is 1.05. The van der Waals surface area contributed by atoms with Gasteiger partial charge in [-0.2, -0.15) is 0 Å². The van der Waals surface area contributed by atoms with Crippen LogP contribution in [-0.4, -0.2) is 16.2 Å². The molecule has 2 N–H and O–H groups in total. The minimum absolute atomic E-state index is 0.206. The van der Waals surface area contributed by atoms with Gasteiger partial charge < -0.3 is 10.2 Å². The second-order valence-corrected chi connectivity index (χ2v) is 4.23. The fourth-order valence-corrected chi connectivity index (χ4v) is 2.17. The lowest BCUT2D eigenvalue weighted by Gasteiger charge is -2.10.